The highest BCUT2D eigenvalue weighted by Gasteiger charge is 2.45. The van der Waals surface area contributed by atoms with Gasteiger partial charge in [0.25, 0.3) is 0 Å². The molecule has 1 aromatic carbocycles. The van der Waals surface area contributed by atoms with E-state index in [1.165, 1.54) is 25.2 Å². The van der Waals surface area contributed by atoms with Crippen molar-refractivity contribution in [1.82, 2.24) is 4.90 Å². The summed E-state index contributed by atoms with van der Waals surface area (Å²) >= 11 is 0. The molecular formula is C19H25NO11. The molecule has 0 aliphatic carbocycles. The number of carbonyl (C=O) groups is 3. The van der Waals surface area contributed by atoms with E-state index in [-0.39, 0.29) is 16.9 Å². The minimum absolute atomic E-state index is 0.0903. The summed E-state index contributed by atoms with van der Waals surface area (Å²) in [5, 5.41) is 58.3. The monoisotopic (exact) mass is 443 g/mol. The van der Waals surface area contributed by atoms with E-state index in [0.717, 1.165) is 11.8 Å². The van der Waals surface area contributed by atoms with E-state index in [1.807, 2.05) is 0 Å². The number of aliphatic hydroxyl groups is 4. The highest BCUT2D eigenvalue weighted by atomic mass is 16.7. The molecule has 12 heteroatoms. The Balaban J connectivity index is 2.44. The minimum atomic E-state index is -1.76. The summed E-state index contributed by atoms with van der Waals surface area (Å²) in [4.78, 5) is 36.0. The summed E-state index contributed by atoms with van der Waals surface area (Å²) in [5.74, 6) is -3.50. The summed E-state index contributed by atoms with van der Waals surface area (Å²) < 4.78 is 10.8. The Kier molecular flexibility index (Phi) is 7.92. The average molecular weight is 443 g/mol. The van der Waals surface area contributed by atoms with Crippen LogP contribution in [0.2, 0.25) is 0 Å². The van der Waals surface area contributed by atoms with Gasteiger partial charge in [0.05, 0.1) is 12.2 Å². The quantitative estimate of drug-likeness (QED) is 0.261. The lowest BCUT2D eigenvalue weighted by molar-refractivity contribution is -0.277. The molecule has 0 radical (unpaired) electrons. The Labute approximate surface area is 176 Å². The standard InChI is InChI=1S/C19H25NO11/c1-8(22)20(2)11(18(28)29)6-10-9(17(26)27)4-3-5-12(10)30-19-16(25)15(24)14(23)13(7-21)31-19/h3-5,11,13-16,19,21,23-25H,6-7H2,1-2H3,(H,26,27)(H,28,29)/t11-,13+,14+,15-,16-,19?/m0/s1. The molecule has 1 aliphatic heterocycles. The molecule has 6 N–H and O–H groups in total. The molecule has 2 rings (SSSR count). The van der Waals surface area contributed by atoms with Crippen LogP contribution in [0, 0.1) is 0 Å². The Hall–Kier alpha value is -2.77. The summed E-state index contributed by atoms with van der Waals surface area (Å²) in [6, 6.07) is 2.41. The van der Waals surface area contributed by atoms with Crippen molar-refractivity contribution >= 4 is 17.8 Å². The molecular weight excluding hydrogens is 418 g/mol. The number of aliphatic hydroxyl groups excluding tert-OH is 4. The number of nitrogens with zero attached hydrogens (tertiary/aromatic N) is 1. The number of aromatic carboxylic acids is 1. The van der Waals surface area contributed by atoms with Crippen LogP contribution < -0.4 is 4.74 Å². The normalized spacial score (nSPS) is 26.7. The maximum atomic E-state index is 11.7. The molecule has 1 amide bonds. The first kappa shape index (κ1) is 24.5. The van der Waals surface area contributed by atoms with Crippen LogP contribution in [-0.2, 0) is 20.7 Å². The van der Waals surface area contributed by atoms with E-state index in [1.54, 1.807) is 0 Å². The van der Waals surface area contributed by atoms with Crippen LogP contribution in [0.15, 0.2) is 18.2 Å². The number of benzene rings is 1. The summed E-state index contributed by atoms with van der Waals surface area (Å²) in [6.07, 6.45) is -8.41. The van der Waals surface area contributed by atoms with Crippen LogP contribution in [-0.4, -0.2) is 104 Å². The maximum Gasteiger partial charge on any atom is 0.336 e. The highest BCUT2D eigenvalue weighted by Crippen LogP contribution is 2.30. The number of hydrogen-bond donors (Lipinski definition) is 6. The molecule has 1 aliphatic rings. The average Bonchev–Trinajstić information content (AvgIpc) is 2.71. The van der Waals surface area contributed by atoms with Crippen molar-refractivity contribution in [3.05, 3.63) is 29.3 Å². The third-order valence-corrected chi connectivity index (χ3v) is 5.10. The highest BCUT2D eigenvalue weighted by molar-refractivity contribution is 5.91. The molecule has 1 saturated heterocycles. The third kappa shape index (κ3) is 5.29. The van der Waals surface area contributed by atoms with Gasteiger partial charge >= 0.3 is 11.9 Å². The number of carboxylic acids is 2. The van der Waals surface area contributed by atoms with E-state index in [2.05, 4.69) is 0 Å². The molecule has 0 saturated carbocycles. The van der Waals surface area contributed by atoms with Gasteiger partial charge in [-0.05, 0) is 12.1 Å². The lowest BCUT2D eigenvalue weighted by Crippen LogP contribution is -2.60. The molecule has 12 nitrogen and oxygen atoms in total. The Morgan fingerprint density at radius 2 is 1.77 bits per heavy atom. The van der Waals surface area contributed by atoms with Crippen LogP contribution in [0.4, 0.5) is 0 Å². The SMILES string of the molecule is CC(=O)N(C)[C@@H](Cc1c(OC2O[C@H](CO)[C@@H](O)[C@H](O)[C@@H]2O)cccc1C(=O)O)C(=O)O. The molecule has 6 atom stereocenters. The topological polar surface area (TPSA) is 194 Å². The van der Waals surface area contributed by atoms with Crippen LogP contribution >= 0.6 is 0 Å². The number of likely N-dealkylation sites (N-methyl/N-ethyl adjacent to an activating group) is 1. The van der Waals surface area contributed by atoms with Crippen molar-refractivity contribution in [2.75, 3.05) is 13.7 Å². The molecule has 1 unspecified atom stereocenters. The first-order valence-corrected chi connectivity index (χ1v) is 9.28. The van der Waals surface area contributed by atoms with Crippen LogP contribution in [0.3, 0.4) is 0 Å². The summed E-state index contributed by atoms with van der Waals surface area (Å²) in [6.45, 7) is 0.460. The summed E-state index contributed by atoms with van der Waals surface area (Å²) in [7, 11) is 1.25. The van der Waals surface area contributed by atoms with Crippen LogP contribution in [0.5, 0.6) is 5.75 Å². The molecule has 1 fully saturated rings. The number of amides is 1. The minimum Gasteiger partial charge on any atom is -0.480 e. The van der Waals surface area contributed by atoms with Gasteiger partial charge in [-0.25, -0.2) is 9.59 Å². The van der Waals surface area contributed by atoms with E-state index < -0.39 is 67.6 Å². The fourth-order valence-corrected chi connectivity index (χ4v) is 3.18. The number of ether oxygens (including phenoxy) is 2. The van der Waals surface area contributed by atoms with Gasteiger partial charge in [0, 0.05) is 26.0 Å². The van der Waals surface area contributed by atoms with Crippen molar-refractivity contribution in [2.45, 2.75) is 50.1 Å². The second-order valence-electron chi connectivity index (χ2n) is 7.09. The second kappa shape index (κ2) is 10.0. The van der Waals surface area contributed by atoms with Gasteiger partial charge in [0.15, 0.2) is 0 Å². The van der Waals surface area contributed by atoms with E-state index in [0.29, 0.717) is 0 Å². The largest absolute Gasteiger partial charge is 0.480 e. The number of rotatable bonds is 8. The molecule has 0 aromatic heterocycles. The molecule has 1 heterocycles. The van der Waals surface area contributed by atoms with Gasteiger partial charge in [-0.1, -0.05) is 6.07 Å². The molecule has 172 valence electrons. The lowest BCUT2D eigenvalue weighted by atomic mass is 9.97. The lowest BCUT2D eigenvalue weighted by Gasteiger charge is -2.39. The smallest absolute Gasteiger partial charge is 0.336 e. The fraction of sp³-hybridized carbons (Fsp3) is 0.526. The summed E-state index contributed by atoms with van der Waals surface area (Å²) in [5.41, 5.74) is -0.391. The number of carbonyl (C=O) groups excluding carboxylic acids is 1. The van der Waals surface area contributed by atoms with Gasteiger partial charge in [0.2, 0.25) is 12.2 Å². The van der Waals surface area contributed by atoms with E-state index in [9.17, 15) is 45.0 Å². The van der Waals surface area contributed by atoms with Gasteiger partial charge in [-0.15, -0.1) is 0 Å². The van der Waals surface area contributed by atoms with Gasteiger partial charge in [-0.3, -0.25) is 4.79 Å². The number of hydrogen-bond acceptors (Lipinski definition) is 9. The van der Waals surface area contributed by atoms with Crippen molar-refractivity contribution in [1.29, 1.82) is 0 Å². The van der Waals surface area contributed by atoms with Gasteiger partial charge in [-0.2, -0.15) is 0 Å². The predicted octanol–water partition coefficient (Wildman–Crippen LogP) is -1.96. The van der Waals surface area contributed by atoms with Gasteiger partial charge < -0.3 is 45.0 Å². The maximum absolute atomic E-state index is 11.7. The number of carboxylic acid groups (broad SMARTS) is 2. The first-order chi connectivity index (χ1) is 14.5. The third-order valence-electron chi connectivity index (χ3n) is 5.10. The van der Waals surface area contributed by atoms with Crippen molar-refractivity contribution in [3.63, 3.8) is 0 Å². The number of aliphatic carboxylic acids is 1. The Morgan fingerprint density at radius 3 is 2.29 bits per heavy atom. The Bertz CT molecular complexity index is 827. The van der Waals surface area contributed by atoms with Crippen LogP contribution in [0.25, 0.3) is 0 Å². The van der Waals surface area contributed by atoms with Gasteiger partial charge in [0.1, 0.15) is 36.2 Å². The second-order valence-corrected chi connectivity index (χ2v) is 7.09. The van der Waals surface area contributed by atoms with E-state index in [4.69, 9.17) is 9.47 Å². The molecule has 1 aromatic rings. The van der Waals surface area contributed by atoms with Crippen LogP contribution in [0.1, 0.15) is 22.8 Å². The van der Waals surface area contributed by atoms with E-state index >= 15 is 0 Å². The molecule has 0 bridgehead atoms. The first-order valence-electron chi connectivity index (χ1n) is 9.28. The zero-order valence-electron chi connectivity index (χ0n) is 16.8. The van der Waals surface area contributed by atoms with Crippen molar-refractivity contribution in [2.24, 2.45) is 0 Å². The molecule has 0 spiro atoms. The molecule has 31 heavy (non-hydrogen) atoms. The predicted molar refractivity (Wildman–Crippen MR) is 101 cm³/mol. The zero-order chi connectivity index (χ0) is 23.5. The van der Waals surface area contributed by atoms with Crippen molar-refractivity contribution in [3.8, 4) is 5.75 Å². The fourth-order valence-electron chi connectivity index (χ4n) is 3.18. The zero-order valence-corrected chi connectivity index (χ0v) is 16.8. The Morgan fingerprint density at radius 1 is 1.13 bits per heavy atom. The van der Waals surface area contributed by atoms with Crippen molar-refractivity contribution < 1.29 is 54.5 Å².